The lowest BCUT2D eigenvalue weighted by Crippen LogP contribution is -2.04. The number of nitrogen functional groups attached to an aromatic ring is 1. The molecule has 0 atom stereocenters. The van der Waals surface area contributed by atoms with Crippen molar-refractivity contribution < 1.29 is 9.15 Å². The highest BCUT2D eigenvalue weighted by atomic mass is 16.5. The zero-order valence-electron chi connectivity index (χ0n) is 10.6. The van der Waals surface area contributed by atoms with Crippen LogP contribution in [0.5, 0.6) is 5.75 Å². The average molecular weight is 247 g/mol. The molecule has 1 aromatic heterocycles. The van der Waals surface area contributed by atoms with Crippen molar-refractivity contribution in [2.75, 3.05) is 17.7 Å². The summed E-state index contributed by atoms with van der Waals surface area (Å²) in [7, 11) is 0. The number of nitrogens with two attached hydrogens (primary N) is 1. The zero-order chi connectivity index (χ0) is 13.0. The van der Waals surface area contributed by atoms with E-state index in [4.69, 9.17) is 14.9 Å². The number of aryl methyl sites for hydroxylation is 1. The summed E-state index contributed by atoms with van der Waals surface area (Å²) < 4.78 is 10.8. The molecule has 0 aliphatic heterocycles. The van der Waals surface area contributed by atoms with Gasteiger partial charge >= 0.3 is 0 Å². The minimum absolute atomic E-state index is 0.494. The zero-order valence-corrected chi connectivity index (χ0v) is 10.6. The summed E-state index contributed by atoms with van der Waals surface area (Å²) in [6.07, 6.45) is 1.69. The van der Waals surface area contributed by atoms with Gasteiger partial charge in [-0.25, -0.2) is 4.98 Å². The molecule has 96 valence electrons. The number of nitrogens with zero attached hydrogens (tertiary/aromatic N) is 1. The first-order valence-electron chi connectivity index (χ1n) is 5.87. The maximum atomic E-state index is 6.00. The van der Waals surface area contributed by atoms with Gasteiger partial charge in [-0.05, 0) is 26.0 Å². The molecule has 0 unspecified atom stereocenters. The van der Waals surface area contributed by atoms with Crippen LogP contribution >= 0.6 is 0 Å². The molecule has 2 aromatic rings. The van der Waals surface area contributed by atoms with Gasteiger partial charge in [0.05, 0.1) is 30.7 Å². The summed E-state index contributed by atoms with van der Waals surface area (Å²) >= 11 is 0. The van der Waals surface area contributed by atoms with Gasteiger partial charge in [-0.3, -0.25) is 0 Å². The first-order valence-corrected chi connectivity index (χ1v) is 5.87. The largest absolute Gasteiger partial charge is 0.492 e. The number of oxazole rings is 1. The van der Waals surface area contributed by atoms with Crippen molar-refractivity contribution in [2.24, 2.45) is 0 Å². The van der Waals surface area contributed by atoms with Crippen LogP contribution < -0.4 is 15.8 Å². The van der Waals surface area contributed by atoms with E-state index >= 15 is 0 Å². The molecule has 0 spiro atoms. The van der Waals surface area contributed by atoms with E-state index in [0.29, 0.717) is 30.5 Å². The summed E-state index contributed by atoms with van der Waals surface area (Å²) in [5.41, 5.74) is 7.42. The average Bonchev–Trinajstić information content (AvgIpc) is 2.77. The Balaban J connectivity index is 2.07. The van der Waals surface area contributed by atoms with Crippen LogP contribution in [0.4, 0.5) is 11.4 Å². The number of anilines is 2. The fourth-order valence-electron chi connectivity index (χ4n) is 1.63. The Kier molecular flexibility index (Phi) is 3.72. The quantitative estimate of drug-likeness (QED) is 0.794. The predicted molar refractivity (Wildman–Crippen MR) is 70.6 cm³/mol. The maximum Gasteiger partial charge on any atom is 0.213 e. The van der Waals surface area contributed by atoms with Gasteiger partial charge in [0.25, 0.3) is 0 Å². The minimum atomic E-state index is 0.494. The number of rotatable bonds is 5. The molecule has 0 fully saturated rings. The summed E-state index contributed by atoms with van der Waals surface area (Å²) in [6.45, 7) is 4.87. The van der Waals surface area contributed by atoms with Crippen molar-refractivity contribution in [2.45, 2.75) is 20.4 Å². The second kappa shape index (κ2) is 5.44. The molecule has 0 amide bonds. The second-order valence-electron chi connectivity index (χ2n) is 3.87. The van der Waals surface area contributed by atoms with E-state index in [2.05, 4.69) is 10.3 Å². The van der Waals surface area contributed by atoms with E-state index in [0.717, 1.165) is 11.4 Å². The highest BCUT2D eigenvalue weighted by Gasteiger charge is 2.06. The number of para-hydroxylation sites is 1. The minimum Gasteiger partial charge on any atom is -0.492 e. The van der Waals surface area contributed by atoms with Crippen LogP contribution in [-0.4, -0.2) is 11.6 Å². The Bertz CT molecular complexity index is 523. The molecule has 0 bridgehead atoms. The van der Waals surface area contributed by atoms with E-state index in [1.165, 1.54) is 0 Å². The molecule has 1 aromatic carbocycles. The van der Waals surface area contributed by atoms with Crippen molar-refractivity contribution in [1.29, 1.82) is 0 Å². The van der Waals surface area contributed by atoms with Crippen LogP contribution in [0.3, 0.4) is 0 Å². The first kappa shape index (κ1) is 12.3. The summed E-state index contributed by atoms with van der Waals surface area (Å²) in [4.78, 5) is 4.12. The number of hydrogen-bond acceptors (Lipinski definition) is 5. The highest BCUT2D eigenvalue weighted by molar-refractivity contribution is 5.72. The Morgan fingerprint density at radius 3 is 2.94 bits per heavy atom. The van der Waals surface area contributed by atoms with Gasteiger partial charge in [-0.1, -0.05) is 6.07 Å². The molecular formula is C13H17N3O2. The lowest BCUT2D eigenvalue weighted by Gasteiger charge is -2.12. The molecule has 2 rings (SSSR count). The fourth-order valence-corrected chi connectivity index (χ4v) is 1.63. The Hall–Kier alpha value is -2.17. The normalized spacial score (nSPS) is 10.3. The third-order valence-electron chi connectivity index (χ3n) is 2.47. The number of hydrogen-bond donors (Lipinski definition) is 2. The van der Waals surface area contributed by atoms with Crippen molar-refractivity contribution in [3.8, 4) is 5.75 Å². The van der Waals surface area contributed by atoms with Crippen molar-refractivity contribution in [3.05, 3.63) is 36.0 Å². The van der Waals surface area contributed by atoms with Gasteiger partial charge < -0.3 is 20.2 Å². The smallest absolute Gasteiger partial charge is 0.213 e. The molecule has 0 aliphatic carbocycles. The van der Waals surface area contributed by atoms with Crippen LogP contribution in [0.2, 0.25) is 0 Å². The van der Waals surface area contributed by atoms with Crippen molar-refractivity contribution in [1.82, 2.24) is 4.98 Å². The van der Waals surface area contributed by atoms with Gasteiger partial charge in [-0.2, -0.15) is 0 Å². The Morgan fingerprint density at radius 2 is 2.28 bits per heavy atom. The van der Waals surface area contributed by atoms with E-state index in [1.807, 2.05) is 32.0 Å². The number of benzene rings is 1. The molecule has 0 saturated carbocycles. The highest BCUT2D eigenvalue weighted by Crippen LogP contribution is 2.29. The van der Waals surface area contributed by atoms with Gasteiger partial charge in [0, 0.05) is 0 Å². The second-order valence-corrected chi connectivity index (χ2v) is 3.87. The molecule has 0 saturated heterocycles. The van der Waals surface area contributed by atoms with E-state index in [-0.39, 0.29) is 0 Å². The monoisotopic (exact) mass is 247 g/mol. The van der Waals surface area contributed by atoms with Crippen molar-refractivity contribution >= 4 is 11.4 Å². The number of aromatic nitrogens is 1. The first-order chi connectivity index (χ1) is 8.70. The van der Waals surface area contributed by atoms with Crippen LogP contribution in [0.25, 0.3) is 0 Å². The van der Waals surface area contributed by atoms with Crippen LogP contribution in [-0.2, 0) is 6.54 Å². The van der Waals surface area contributed by atoms with Gasteiger partial charge in [0.1, 0.15) is 11.5 Å². The van der Waals surface area contributed by atoms with Gasteiger partial charge in [0.15, 0.2) is 0 Å². The maximum absolute atomic E-state index is 6.00. The Morgan fingerprint density at radius 1 is 1.44 bits per heavy atom. The molecule has 1 heterocycles. The molecule has 5 heteroatoms. The molecule has 3 N–H and O–H groups in total. The van der Waals surface area contributed by atoms with Crippen molar-refractivity contribution in [3.63, 3.8) is 0 Å². The molecule has 18 heavy (non-hydrogen) atoms. The van der Waals surface area contributed by atoms with Gasteiger partial charge in [0.2, 0.25) is 5.89 Å². The summed E-state index contributed by atoms with van der Waals surface area (Å²) in [5, 5.41) is 3.18. The lowest BCUT2D eigenvalue weighted by molar-refractivity contribution is 0.342. The molecule has 0 radical (unpaired) electrons. The third kappa shape index (κ3) is 2.74. The third-order valence-corrected chi connectivity index (χ3v) is 2.47. The van der Waals surface area contributed by atoms with Crippen LogP contribution in [0, 0.1) is 6.92 Å². The number of nitrogens with one attached hydrogen (secondary N) is 1. The Labute approximate surface area is 106 Å². The van der Waals surface area contributed by atoms with E-state index in [1.54, 1.807) is 6.20 Å². The molecule has 0 aliphatic rings. The lowest BCUT2D eigenvalue weighted by atomic mass is 10.2. The topological polar surface area (TPSA) is 73.3 Å². The molecular weight excluding hydrogens is 230 g/mol. The van der Waals surface area contributed by atoms with E-state index in [9.17, 15) is 0 Å². The van der Waals surface area contributed by atoms with Gasteiger partial charge in [-0.15, -0.1) is 0 Å². The fraction of sp³-hybridized carbons (Fsp3) is 0.308. The molecule has 5 nitrogen and oxygen atoms in total. The predicted octanol–water partition coefficient (Wildman–Crippen LogP) is 2.58. The van der Waals surface area contributed by atoms with Crippen LogP contribution in [0.15, 0.2) is 28.8 Å². The van der Waals surface area contributed by atoms with Crippen LogP contribution in [0.1, 0.15) is 18.6 Å². The number of ether oxygens (including phenoxy) is 1. The SMILES string of the molecule is CCOc1cccc(NCc2ncc(C)o2)c1N. The summed E-state index contributed by atoms with van der Waals surface area (Å²) in [5.74, 6) is 2.11. The van der Waals surface area contributed by atoms with E-state index < -0.39 is 0 Å². The standard InChI is InChI=1S/C13H17N3O2/c1-3-17-11-6-4-5-10(13(11)14)15-8-12-16-7-9(2)18-12/h4-7,15H,3,8,14H2,1-2H3. The summed E-state index contributed by atoms with van der Waals surface area (Å²) in [6, 6.07) is 5.64.